The topological polar surface area (TPSA) is 51.7 Å². The van der Waals surface area contributed by atoms with E-state index in [-0.39, 0.29) is 11.7 Å². The largest absolute Gasteiger partial charge is 0.356 e. The van der Waals surface area contributed by atoms with Gasteiger partial charge < -0.3 is 19.2 Å². The zero-order valence-corrected chi connectivity index (χ0v) is 15.6. The number of ether oxygens (including phenoxy) is 2. The van der Waals surface area contributed by atoms with Gasteiger partial charge in [0.15, 0.2) is 5.79 Å². The molecular formula is C21H30N2O3. The number of nitrogens with zero attached hydrogens (tertiary/aromatic N) is 2. The molecule has 0 unspecified atom stereocenters. The van der Waals surface area contributed by atoms with Crippen LogP contribution in [-0.2, 0) is 14.3 Å². The van der Waals surface area contributed by atoms with E-state index in [1.807, 2.05) is 6.20 Å². The number of aldehydes is 1. The highest BCUT2D eigenvalue weighted by Crippen LogP contribution is 2.38. The van der Waals surface area contributed by atoms with Gasteiger partial charge in [0.2, 0.25) is 0 Å². The number of rotatable bonds is 3. The molecule has 3 heterocycles. The van der Waals surface area contributed by atoms with Gasteiger partial charge in [-0.3, -0.25) is 0 Å². The maximum Gasteiger partial charge on any atom is 0.171 e. The molecule has 1 aromatic heterocycles. The molecule has 2 saturated heterocycles. The SMILES string of the molecule is O=CC1CCCC(c2cccnc2N2CCC3(CC2)OCCO3)CCC1. The average Bonchev–Trinajstić information content (AvgIpc) is 3.11. The first-order chi connectivity index (χ1) is 12.8. The first kappa shape index (κ1) is 17.9. The molecule has 0 amide bonds. The summed E-state index contributed by atoms with van der Waals surface area (Å²) in [5.41, 5.74) is 1.39. The van der Waals surface area contributed by atoms with Crippen molar-refractivity contribution >= 4 is 12.1 Å². The standard InChI is InChI=1S/C21H30N2O3/c24-16-17-4-1-6-18(7-2-5-17)19-8-3-11-22-20(19)23-12-9-21(10-13-23)25-14-15-26-21/h3,8,11,16-18H,1-2,4-7,9-10,12-15H2. The fourth-order valence-electron chi connectivity index (χ4n) is 4.83. The first-order valence-corrected chi connectivity index (χ1v) is 10.2. The smallest absolute Gasteiger partial charge is 0.171 e. The molecule has 3 aliphatic rings. The van der Waals surface area contributed by atoms with E-state index in [0.29, 0.717) is 5.92 Å². The molecule has 0 radical (unpaired) electrons. The lowest BCUT2D eigenvalue weighted by molar-refractivity contribution is -0.169. The van der Waals surface area contributed by atoms with Crippen LogP contribution in [0.1, 0.15) is 62.8 Å². The van der Waals surface area contributed by atoms with Crippen LogP contribution in [0.2, 0.25) is 0 Å². The molecule has 1 aromatic rings. The second-order valence-corrected chi connectivity index (χ2v) is 7.97. The third-order valence-corrected chi connectivity index (χ3v) is 6.34. The lowest BCUT2D eigenvalue weighted by Gasteiger charge is -2.39. The Morgan fingerprint density at radius 3 is 2.42 bits per heavy atom. The third kappa shape index (κ3) is 3.79. The van der Waals surface area contributed by atoms with Crippen molar-refractivity contribution in [1.29, 1.82) is 0 Å². The molecule has 0 bridgehead atoms. The van der Waals surface area contributed by atoms with Gasteiger partial charge in [-0.2, -0.15) is 0 Å². The van der Waals surface area contributed by atoms with E-state index < -0.39 is 0 Å². The zero-order chi connectivity index (χ0) is 17.8. The van der Waals surface area contributed by atoms with Gasteiger partial charge in [0, 0.05) is 38.0 Å². The Kier molecular flexibility index (Phi) is 5.55. The molecule has 1 spiro atoms. The van der Waals surface area contributed by atoms with Crippen LogP contribution in [0.3, 0.4) is 0 Å². The van der Waals surface area contributed by atoms with Crippen LogP contribution in [0.5, 0.6) is 0 Å². The second-order valence-electron chi connectivity index (χ2n) is 7.97. The van der Waals surface area contributed by atoms with E-state index in [4.69, 9.17) is 14.5 Å². The summed E-state index contributed by atoms with van der Waals surface area (Å²) in [6, 6.07) is 4.33. The highest BCUT2D eigenvalue weighted by molar-refractivity contribution is 5.53. The molecule has 0 N–H and O–H groups in total. The van der Waals surface area contributed by atoms with Crippen LogP contribution in [0.25, 0.3) is 0 Å². The Hall–Kier alpha value is -1.46. The fraction of sp³-hybridized carbons (Fsp3) is 0.714. The summed E-state index contributed by atoms with van der Waals surface area (Å²) in [7, 11) is 0. The first-order valence-electron chi connectivity index (χ1n) is 10.2. The van der Waals surface area contributed by atoms with Crippen molar-refractivity contribution in [3.63, 3.8) is 0 Å². The van der Waals surface area contributed by atoms with Gasteiger partial charge in [-0.1, -0.05) is 18.9 Å². The highest BCUT2D eigenvalue weighted by atomic mass is 16.7. The molecule has 1 aliphatic carbocycles. The number of piperidine rings is 1. The summed E-state index contributed by atoms with van der Waals surface area (Å²) in [5, 5.41) is 0. The number of anilines is 1. The molecule has 0 aromatic carbocycles. The molecule has 5 nitrogen and oxygen atoms in total. The summed E-state index contributed by atoms with van der Waals surface area (Å²) in [6.07, 6.45) is 11.6. The van der Waals surface area contributed by atoms with Crippen molar-refractivity contribution in [3.05, 3.63) is 23.9 Å². The van der Waals surface area contributed by atoms with Crippen LogP contribution in [-0.4, -0.2) is 43.4 Å². The summed E-state index contributed by atoms with van der Waals surface area (Å²) in [6.45, 7) is 3.31. The molecule has 3 fully saturated rings. The van der Waals surface area contributed by atoms with Crippen molar-refractivity contribution in [3.8, 4) is 0 Å². The molecule has 26 heavy (non-hydrogen) atoms. The van der Waals surface area contributed by atoms with Crippen LogP contribution in [0.4, 0.5) is 5.82 Å². The molecule has 142 valence electrons. The van der Waals surface area contributed by atoms with Crippen molar-refractivity contribution in [2.45, 2.75) is 63.1 Å². The van der Waals surface area contributed by atoms with Crippen LogP contribution in [0, 0.1) is 5.92 Å². The lowest BCUT2D eigenvalue weighted by atomic mass is 9.83. The van der Waals surface area contributed by atoms with E-state index >= 15 is 0 Å². The number of aromatic nitrogens is 1. The Balaban J connectivity index is 1.46. The van der Waals surface area contributed by atoms with Gasteiger partial charge in [-0.15, -0.1) is 0 Å². The van der Waals surface area contributed by atoms with Gasteiger partial charge in [0.1, 0.15) is 12.1 Å². The third-order valence-electron chi connectivity index (χ3n) is 6.34. The van der Waals surface area contributed by atoms with E-state index in [9.17, 15) is 4.79 Å². The Bertz CT molecular complexity index is 595. The molecular weight excluding hydrogens is 328 g/mol. The number of carbonyl (C=O) groups excluding carboxylic acids is 1. The molecule has 5 heteroatoms. The fourth-order valence-corrected chi connectivity index (χ4v) is 4.83. The normalized spacial score (nSPS) is 29.3. The zero-order valence-electron chi connectivity index (χ0n) is 15.6. The van der Waals surface area contributed by atoms with E-state index in [0.717, 1.165) is 89.8 Å². The number of carbonyl (C=O) groups is 1. The minimum absolute atomic E-state index is 0.272. The summed E-state index contributed by atoms with van der Waals surface area (Å²) in [4.78, 5) is 18.3. The number of pyridine rings is 1. The van der Waals surface area contributed by atoms with E-state index in [1.54, 1.807) is 0 Å². The van der Waals surface area contributed by atoms with Gasteiger partial charge in [0.05, 0.1) is 13.2 Å². The number of hydrogen-bond donors (Lipinski definition) is 0. The van der Waals surface area contributed by atoms with Crippen molar-refractivity contribution in [2.75, 3.05) is 31.2 Å². The predicted octanol–water partition coefficient (Wildman–Crippen LogP) is 3.68. The Morgan fingerprint density at radius 2 is 1.77 bits per heavy atom. The molecule has 0 atom stereocenters. The van der Waals surface area contributed by atoms with Gasteiger partial charge >= 0.3 is 0 Å². The molecule has 1 saturated carbocycles. The summed E-state index contributed by atoms with van der Waals surface area (Å²) < 4.78 is 11.7. The van der Waals surface area contributed by atoms with Gasteiger partial charge in [-0.05, 0) is 43.2 Å². The summed E-state index contributed by atoms with van der Waals surface area (Å²) >= 11 is 0. The minimum Gasteiger partial charge on any atom is -0.356 e. The molecule has 2 aliphatic heterocycles. The van der Waals surface area contributed by atoms with Gasteiger partial charge in [0.25, 0.3) is 0 Å². The average molecular weight is 358 g/mol. The lowest BCUT2D eigenvalue weighted by Crippen LogP contribution is -2.45. The van der Waals surface area contributed by atoms with E-state index in [1.165, 1.54) is 5.56 Å². The van der Waals surface area contributed by atoms with Crippen molar-refractivity contribution in [1.82, 2.24) is 4.98 Å². The van der Waals surface area contributed by atoms with Gasteiger partial charge in [-0.25, -0.2) is 4.98 Å². The van der Waals surface area contributed by atoms with Crippen LogP contribution in [0.15, 0.2) is 18.3 Å². The van der Waals surface area contributed by atoms with Crippen molar-refractivity contribution < 1.29 is 14.3 Å². The number of hydrogen-bond acceptors (Lipinski definition) is 5. The van der Waals surface area contributed by atoms with E-state index in [2.05, 4.69) is 17.0 Å². The summed E-state index contributed by atoms with van der Waals surface area (Å²) in [5.74, 6) is 1.64. The highest BCUT2D eigenvalue weighted by Gasteiger charge is 2.40. The Labute approximate surface area is 156 Å². The van der Waals surface area contributed by atoms with Crippen molar-refractivity contribution in [2.24, 2.45) is 5.92 Å². The molecule has 4 rings (SSSR count). The monoisotopic (exact) mass is 358 g/mol. The second kappa shape index (κ2) is 8.05. The quantitative estimate of drug-likeness (QED) is 0.772. The maximum absolute atomic E-state index is 11.1. The van der Waals surface area contributed by atoms with Crippen LogP contribution < -0.4 is 4.90 Å². The maximum atomic E-state index is 11.1. The predicted molar refractivity (Wildman–Crippen MR) is 100 cm³/mol. The van der Waals surface area contributed by atoms with Crippen LogP contribution >= 0.6 is 0 Å². The minimum atomic E-state index is -0.338. The Morgan fingerprint density at radius 1 is 1.08 bits per heavy atom.